The lowest BCUT2D eigenvalue weighted by Gasteiger charge is -2.25. The summed E-state index contributed by atoms with van der Waals surface area (Å²) in [5, 5.41) is 9.44. The number of amides is 1. The zero-order chi connectivity index (χ0) is 14.7. The lowest BCUT2D eigenvalue weighted by Crippen LogP contribution is -2.43. The van der Waals surface area contributed by atoms with Crippen LogP contribution in [0.3, 0.4) is 0 Å². The molecule has 0 bridgehead atoms. The van der Waals surface area contributed by atoms with E-state index in [2.05, 4.69) is 6.58 Å². The van der Waals surface area contributed by atoms with Crippen LogP contribution in [0.2, 0.25) is 0 Å². The molecule has 4 nitrogen and oxygen atoms in total. The third kappa shape index (κ3) is 2.90. The maximum Gasteiger partial charge on any atom is 0.326 e. The van der Waals surface area contributed by atoms with Gasteiger partial charge in [0.25, 0.3) is 0 Å². The van der Waals surface area contributed by atoms with Gasteiger partial charge in [0, 0.05) is 25.3 Å². The molecule has 1 aliphatic rings. The summed E-state index contributed by atoms with van der Waals surface area (Å²) in [5.74, 6) is -0.997. The van der Waals surface area contributed by atoms with Crippen molar-refractivity contribution >= 4 is 11.9 Å². The van der Waals surface area contributed by atoms with Crippen LogP contribution in [-0.2, 0) is 16.0 Å². The first-order valence-electron chi connectivity index (χ1n) is 6.72. The van der Waals surface area contributed by atoms with E-state index in [1.54, 1.807) is 6.08 Å². The molecule has 106 valence electrons. The molecule has 0 aromatic heterocycles. The van der Waals surface area contributed by atoms with Gasteiger partial charge < -0.3 is 10.0 Å². The molecule has 1 amide bonds. The number of rotatable bonds is 5. The quantitative estimate of drug-likeness (QED) is 0.835. The van der Waals surface area contributed by atoms with Gasteiger partial charge in [0.2, 0.25) is 5.91 Å². The average Bonchev–Trinajstić information content (AvgIpc) is 2.78. The summed E-state index contributed by atoms with van der Waals surface area (Å²) in [7, 11) is 0. The molecule has 1 aromatic carbocycles. The lowest BCUT2D eigenvalue weighted by molar-refractivity contribution is -0.148. The number of carbonyl (C=O) groups is 2. The molecule has 1 aromatic rings. The number of aryl methyl sites for hydroxylation is 1. The molecule has 1 fully saturated rings. The van der Waals surface area contributed by atoms with E-state index < -0.39 is 12.0 Å². The number of carboxylic acids is 1. The Labute approximate surface area is 118 Å². The highest BCUT2D eigenvalue weighted by atomic mass is 16.4. The van der Waals surface area contributed by atoms with Crippen molar-refractivity contribution in [1.82, 2.24) is 4.90 Å². The molecule has 0 aliphatic carbocycles. The summed E-state index contributed by atoms with van der Waals surface area (Å²) in [6.45, 7) is 6.09. The predicted octanol–water partition coefficient (Wildman–Crippen LogP) is 2.03. The first-order chi connectivity index (χ1) is 9.52. The summed E-state index contributed by atoms with van der Waals surface area (Å²) < 4.78 is 0. The van der Waals surface area contributed by atoms with Crippen molar-refractivity contribution in [3.63, 3.8) is 0 Å². The van der Waals surface area contributed by atoms with Gasteiger partial charge in [0.1, 0.15) is 6.04 Å². The fourth-order valence-corrected chi connectivity index (χ4v) is 2.60. The van der Waals surface area contributed by atoms with Gasteiger partial charge in [0.15, 0.2) is 0 Å². The van der Waals surface area contributed by atoms with Crippen molar-refractivity contribution < 1.29 is 14.7 Å². The monoisotopic (exact) mass is 273 g/mol. The summed E-state index contributed by atoms with van der Waals surface area (Å²) in [4.78, 5) is 25.0. The average molecular weight is 273 g/mol. The minimum atomic E-state index is -0.952. The first kappa shape index (κ1) is 14.3. The Hall–Kier alpha value is -2.10. The summed E-state index contributed by atoms with van der Waals surface area (Å²) in [6, 6.07) is 6.88. The van der Waals surface area contributed by atoms with E-state index in [4.69, 9.17) is 0 Å². The van der Waals surface area contributed by atoms with Crippen molar-refractivity contribution in [2.24, 2.45) is 5.92 Å². The van der Waals surface area contributed by atoms with Crippen LogP contribution in [-0.4, -0.2) is 34.5 Å². The molecule has 1 unspecified atom stereocenters. The lowest BCUT2D eigenvalue weighted by atomic mass is 10.0. The largest absolute Gasteiger partial charge is 0.480 e. The van der Waals surface area contributed by atoms with Gasteiger partial charge in [-0.05, 0) is 18.1 Å². The number of hydrogen-bond donors (Lipinski definition) is 1. The number of carboxylic acid groups (broad SMARTS) is 1. The van der Waals surface area contributed by atoms with Gasteiger partial charge in [-0.2, -0.15) is 0 Å². The van der Waals surface area contributed by atoms with Gasteiger partial charge in [-0.25, -0.2) is 4.79 Å². The molecular weight excluding hydrogens is 254 g/mol. The second-order valence-electron chi connectivity index (χ2n) is 5.23. The van der Waals surface area contributed by atoms with Gasteiger partial charge in [-0.3, -0.25) is 4.79 Å². The van der Waals surface area contributed by atoms with Crippen LogP contribution in [0.15, 0.2) is 36.9 Å². The van der Waals surface area contributed by atoms with Crippen LogP contribution in [0, 0.1) is 12.8 Å². The van der Waals surface area contributed by atoms with Crippen molar-refractivity contribution in [2.45, 2.75) is 25.8 Å². The van der Waals surface area contributed by atoms with Crippen molar-refractivity contribution in [3.8, 4) is 0 Å². The zero-order valence-electron chi connectivity index (χ0n) is 11.6. The van der Waals surface area contributed by atoms with E-state index in [0.717, 1.165) is 11.1 Å². The molecule has 1 heterocycles. The summed E-state index contributed by atoms with van der Waals surface area (Å²) in [6.07, 6.45) is 2.43. The molecule has 20 heavy (non-hydrogen) atoms. The number of carbonyl (C=O) groups excluding carboxylic acids is 1. The number of benzene rings is 1. The van der Waals surface area contributed by atoms with Crippen LogP contribution in [0.5, 0.6) is 0 Å². The third-order valence-corrected chi connectivity index (χ3v) is 3.86. The summed E-state index contributed by atoms with van der Waals surface area (Å²) >= 11 is 0. The molecule has 1 aliphatic heterocycles. The Morgan fingerprint density at radius 2 is 2.25 bits per heavy atom. The Kier molecular flexibility index (Phi) is 4.23. The van der Waals surface area contributed by atoms with Crippen molar-refractivity contribution in [1.29, 1.82) is 0 Å². The highest BCUT2D eigenvalue weighted by Crippen LogP contribution is 2.23. The Morgan fingerprint density at radius 1 is 1.55 bits per heavy atom. The maximum absolute atomic E-state index is 12.0. The van der Waals surface area contributed by atoms with Crippen LogP contribution >= 0.6 is 0 Å². The van der Waals surface area contributed by atoms with Crippen molar-refractivity contribution in [2.75, 3.05) is 6.54 Å². The minimum absolute atomic E-state index is 0.0567. The zero-order valence-corrected chi connectivity index (χ0v) is 11.6. The Balaban J connectivity index is 2.20. The van der Waals surface area contributed by atoms with Gasteiger partial charge >= 0.3 is 5.97 Å². The van der Waals surface area contributed by atoms with E-state index in [1.807, 2.05) is 31.2 Å². The second kappa shape index (κ2) is 5.90. The van der Waals surface area contributed by atoms with E-state index in [-0.39, 0.29) is 11.8 Å². The van der Waals surface area contributed by atoms with Crippen LogP contribution < -0.4 is 0 Å². The van der Waals surface area contributed by atoms with E-state index >= 15 is 0 Å². The number of likely N-dealkylation sites (tertiary alicyclic amines) is 1. The Morgan fingerprint density at radius 3 is 2.80 bits per heavy atom. The smallest absolute Gasteiger partial charge is 0.326 e. The SMILES string of the molecule is C=CC1CC(=O)N([C@@H](Cc2ccccc2C)C(=O)O)C1. The van der Waals surface area contributed by atoms with Crippen LogP contribution in [0.1, 0.15) is 17.5 Å². The normalized spacial score (nSPS) is 19.9. The number of aliphatic carboxylic acids is 1. The number of nitrogens with zero attached hydrogens (tertiary/aromatic N) is 1. The molecule has 0 radical (unpaired) electrons. The molecule has 2 rings (SSSR count). The molecule has 2 atom stereocenters. The van der Waals surface area contributed by atoms with Gasteiger partial charge in [-0.1, -0.05) is 30.3 Å². The van der Waals surface area contributed by atoms with E-state index in [0.29, 0.717) is 19.4 Å². The topological polar surface area (TPSA) is 57.6 Å². The highest BCUT2D eigenvalue weighted by Gasteiger charge is 2.36. The molecule has 1 N–H and O–H groups in total. The predicted molar refractivity (Wildman–Crippen MR) is 76.3 cm³/mol. The van der Waals surface area contributed by atoms with Gasteiger partial charge in [0.05, 0.1) is 0 Å². The fraction of sp³-hybridized carbons (Fsp3) is 0.375. The maximum atomic E-state index is 12.0. The van der Waals surface area contributed by atoms with Gasteiger partial charge in [-0.15, -0.1) is 6.58 Å². The second-order valence-corrected chi connectivity index (χ2v) is 5.23. The molecule has 4 heteroatoms. The third-order valence-electron chi connectivity index (χ3n) is 3.86. The number of hydrogen-bond acceptors (Lipinski definition) is 2. The standard InChI is InChI=1S/C16H19NO3/c1-3-12-8-15(18)17(10-12)14(16(19)20)9-13-7-5-4-6-11(13)2/h3-7,12,14H,1,8-10H2,2H3,(H,19,20)/t12?,14-/m0/s1. The fourth-order valence-electron chi connectivity index (χ4n) is 2.60. The van der Waals surface area contributed by atoms with Crippen LogP contribution in [0.25, 0.3) is 0 Å². The van der Waals surface area contributed by atoms with Crippen LogP contribution in [0.4, 0.5) is 0 Å². The van der Waals surface area contributed by atoms with E-state index in [1.165, 1.54) is 4.90 Å². The molecule has 1 saturated heterocycles. The molecule has 0 spiro atoms. The Bertz CT molecular complexity index is 538. The first-order valence-corrected chi connectivity index (χ1v) is 6.72. The highest BCUT2D eigenvalue weighted by molar-refractivity contribution is 5.85. The molecular formula is C16H19NO3. The van der Waals surface area contributed by atoms with Crippen molar-refractivity contribution in [3.05, 3.63) is 48.0 Å². The minimum Gasteiger partial charge on any atom is -0.480 e. The van der Waals surface area contributed by atoms with E-state index in [9.17, 15) is 14.7 Å². The molecule has 0 saturated carbocycles. The summed E-state index contributed by atoms with van der Waals surface area (Å²) in [5.41, 5.74) is 2.01.